The number of fused-ring (bicyclic) bond motifs is 1. The highest BCUT2D eigenvalue weighted by molar-refractivity contribution is 5.97. The molecule has 0 saturated carbocycles. The second kappa shape index (κ2) is 4.90. The minimum Gasteiger partial charge on any atom is -0.503 e. The average molecular weight is 284 g/mol. The van der Waals surface area contributed by atoms with Gasteiger partial charge in [-0.25, -0.2) is 14.8 Å². The summed E-state index contributed by atoms with van der Waals surface area (Å²) in [4.78, 5) is 20.0. The maximum absolute atomic E-state index is 11.6. The van der Waals surface area contributed by atoms with Gasteiger partial charge in [-0.2, -0.15) is 0 Å². The molecule has 3 aromatic rings. The van der Waals surface area contributed by atoms with Crippen molar-refractivity contribution >= 4 is 17.1 Å². The fourth-order valence-corrected chi connectivity index (χ4v) is 2.05. The van der Waals surface area contributed by atoms with Crippen LogP contribution in [0.5, 0.6) is 5.75 Å². The highest BCUT2D eigenvalue weighted by Crippen LogP contribution is 2.33. The Morgan fingerprint density at radius 3 is 2.62 bits per heavy atom. The first-order valence-corrected chi connectivity index (χ1v) is 6.25. The molecule has 0 amide bonds. The molecule has 2 heterocycles. The highest BCUT2D eigenvalue weighted by atomic mass is 16.5. The van der Waals surface area contributed by atoms with Crippen molar-refractivity contribution in [1.82, 2.24) is 9.97 Å². The Morgan fingerprint density at radius 1 is 1.24 bits per heavy atom. The van der Waals surface area contributed by atoms with Crippen molar-refractivity contribution in [3.05, 3.63) is 41.7 Å². The van der Waals surface area contributed by atoms with Crippen LogP contribution < -0.4 is 0 Å². The molecular formula is C15H12N2O4. The Hall–Kier alpha value is -2.89. The average Bonchev–Trinajstić information content (AvgIpc) is 2.97. The number of aryl methyl sites for hydroxylation is 1. The van der Waals surface area contributed by atoms with Crippen LogP contribution in [0.2, 0.25) is 0 Å². The zero-order valence-corrected chi connectivity index (χ0v) is 11.5. The molecule has 106 valence electrons. The topological polar surface area (TPSA) is 85.5 Å². The van der Waals surface area contributed by atoms with Gasteiger partial charge in [-0.05, 0) is 19.1 Å². The van der Waals surface area contributed by atoms with E-state index in [0.717, 1.165) is 5.56 Å². The molecule has 6 nitrogen and oxygen atoms in total. The van der Waals surface area contributed by atoms with Crippen LogP contribution in [0.3, 0.4) is 0 Å². The molecule has 0 bridgehead atoms. The Balaban J connectivity index is 2.24. The van der Waals surface area contributed by atoms with Crippen molar-refractivity contribution in [2.24, 2.45) is 0 Å². The lowest BCUT2D eigenvalue weighted by Gasteiger charge is -2.02. The van der Waals surface area contributed by atoms with Gasteiger partial charge in [0.1, 0.15) is 5.52 Å². The van der Waals surface area contributed by atoms with E-state index < -0.39 is 5.97 Å². The number of aromatic hydroxyl groups is 1. The van der Waals surface area contributed by atoms with Crippen molar-refractivity contribution in [1.29, 1.82) is 0 Å². The molecule has 0 unspecified atom stereocenters. The first-order chi connectivity index (χ1) is 10.1. The minimum atomic E-state index is -0.727. The second-order valence-corrected chi connectivity index (χ2v) is 4.45. The molecule has 2 aromatic heterocycles. The third-order valence-electron chi connectivity index (χ3n) is 3.09. The summed E-state index contributed by atoms with van der Waals surface area (Å²) in [5.41, 5.74) is 1.61. The molecule has 0 aliphatic carbocycles. The molecule has 6 heteroatoms. The first-order valence-electron chi connectivity index (χ1n) is 6.25. The van der Waals surface area contributed by atoms with Crippen LogP contribution in [-0.2, 0) is 4.74 Å². The summed E-state index contributed by atoms with van der Waals surface area (Å²) in [5.74, 6) is -0.736. The Bertz CT molecular complexity index is 825. The van der Waals surface area contributed by atoms with Crippen molar-refractivity contribution in [3.8, 4) is 17.2 Å². The second-order valence-electron chi connectivity index (χ2n) is 4.45. The SMILES string of the molecule is COC(=O)c1nc(C)c2nc(-c3ccccc3)oc2c1O. The van der Waals surface area contributed by atoms with Gasteiger partial charge in [-0.3, -0.25) is 0 Å². The minimum absolute atomic E-state index is 0.127. The van der Waals surface area contributed by atoms with Gasteiger partial charge in [-0.15, -0.1) is 0 Å². The molecule has 1 N–H and O–H groups in total. The Labute approximate surface area is 120 Å². The predicted molar refractivity (Wildman–Crippen MR) is 75.0 cm³/mol. The fraction of sp³-hybridized carbons (Fsp3) is 0.133. The van der Waals surface area contributed by atoms with Gasteiger partial charge in [0.25, 0.3) is 0 Å². The number of nitrogens with zero attached hydrogens (tertiary/aromatic N) is 2. The van der Waals surface area contributed by atoms with Gasteiger partial charge in [0.2, 0.25) is 11.5 Å². The fourth-order valence-electron chi connectivity index (χ4n) is 2.05. The molecule has 0 fully saturated rings. The lowest BCUT2D eigenvalue weighted by atomic mass is 10.2. The summed E-state index contributed by atoms with van der Waals surface area (Å²) in [6.07, 6.45) is 0. The van der Waals surface area contributed by atoms with E-state index >= 15 is 0 Å². The molecule has 0 saturated heterocycles. The van der Waals surface area contributed by atoms with Crippen LogP contribution in [-0.4, -0.2) is 28.2 Å². The van der Waals surface area contributed by atoms with Gasteiger partial charge in [-0.1, -0.05) is 18.2 Å². The third-order valence-corrected chi connectivity index (χ3v) is 3.09. The lowest BCUT2D eigenvalue weighted by molar-refractivity contribution is 0.0590. The van der Waals surface area contributed by atoms with E-state index in [1.54, 1.807) is 6.92 Å². The summed E-state index contributed by atoms with van der Waals surface area (Å²) in [5, 5.41) is 10.1. The number of hydrogen-bond acceptors (Lipinski definition) is 6. The number of methoxy groups -OCH3 is 1. The number of carbonyl (C=O) groups excluding carboxylic acids is 1. The van der Waals surface area contributed by atoms with E-state index in [1.165, 1.54) is 7.11 Å². The lowest BCUT2D eigenvalue weighted by Crippen LogP contribution is -2.06. The van der Waals surface area contributed by atoms with E-state index in [1.807, 2.05) is 30.3 Å². The first kappa shape index (κ1) is 13.1. The molecule has 0 spiro atoms. The van der Waals surface area contributed by atoms with Crippen LogP contribution in [0.4, 0.5) is 0 Å². The zero-order chi connectivity index (χ0) is 15.0. The van der Waals surface area contributed by atoms with Gasteiger partial charge < -0.3 is 14.3 Å². The molecule has 0 aliphatic heterocycles. The summed E-state index contributed by atoms with van der Waals surface area (Å²) in [6, 6.07) is 9.27. The van der Waals surface area contributed by atoms with E-state index in [-0.39, 0.29) is 17.0 Å². The molecular weight excluding hydrogens is 272 g/mol. The van der Waals surface area contributed by atoms with Gasteiger partial charge >= 0.3 is 5.97 Å². The number of benzene rings is 1. The van der Waals surface area contributed by atoms with Crippen LogP contribution in [0.1, 0.15) is 16.2 Å². The van der Waals surface area contributed by atoms with E-state index in [4.69, 9.17) is 4.42 Å². The number of pyridine rings is 1. The molecule has 3 rings (SSSR count). The van der Waals surface area contributed by atoms with Crippen molar-refractivity contribution in [2.75, 3.05) is 7.11 Å². The molecule has 0 atom stereocenters. The number of ether oxygens (including phenoxy) is 1. The van der Waals surface area contributed by atoms with Crippen LogP contribution in [0.25, 0.3) is 22.6 Å². The molecule has 0 radical (unpaired) electrons. The van der Waals surface area contributed by atoms with Crippen LogP contribution in [0.15, 0.2) is 34.7 Å². The number of oxazole rings is 1. The highest BCUT2D eigenvalue weighted by Gasteiger charge is 2.23. The third kappa shape index (κ3) is 2.10. The van der Waals surface area contributed by atoms with Crippen LogP contribution >= 0.6 is 0 Å². The monoisotopic (exact) mass is 284 g/mol. The summed E-state index contributed by atoms with van der Waals surface area (Å²) in [6.45, 7) is 1.69. The van der Waals surface area contributed by atoms with Gasteiger partial charge in [0, 0.05) is 5.56 Å². The molecule has 1 aromatic carbocycles. The van der Waals surface area contributed by atoms with Crippen molar-refractivity contribution in [3.63, 3.8) is 0 Å². The number of rotatable bonds is 2. The zero-order valence-electron chi connectivity index (χ0n) is 11.5. The summed E-state index contributed by atoms with van der Waals surface area (Å²) >= 11 is 0. The standard InChI is InChI=1S/C15H12N2O4/c1-8-10-13(12(18)11(16-8)15(19)20-2)21-14(17-10)9-6-4-3-5-7-9/h3-7,18H,1-2H3. The van der Waals surface area contributed by atoms with Crippen molar-refractivity contribution < 1.29 is 19.1 Å². The summed E-state index contributed by atoms with van der Waals surface area (Å²) < 4.78 is 10.2. The molecule has 21 heavy (non-hydrogen) atoms. The smallest absolute Gasteiger partial charge is 0.360 e. The van der Waals surface area contributed by atoms with E-state index in [2.05, 4.69) is 14.7 Å². The van der Waals surface area contributed by atoms with Crippen molar-refractivity contribution in [2.45, 2.75) is 6.92 Å². The maximum Gasteiger partial charge on any atom is 0.360 e. The summed E-state index contributed by atoms with van der Waals surface area (Å²) in [7, 11) is 1.22. The van der Waals surface area contributed by atoms with Gasteiger partial charge in [0.15, 0.2) is 11.4 Å². The van der Waals surface area contributed by atoms with Gasteiger partial charge in [0.05, 0.1) is 12.8 Å². The Morgan fingerprint density at radius 2 is 1.95 bits per heavy atom. The van der Waals surface area contributed by atoms with E-state index in [9.17, 15) is 9.90 Å². The number of esters is 1. The largest absolute Gasteiger partial charge is 0.503 e. The Kier molecular flexibility index (Phi) is 3.06. The number of hydrogen-bond donors (Lipinski definition) is 1. The van der Waals surface area contributed by atoms with Crippen LogP contribution in [0, 0.1) is 6.92 Å². The predicted octanol–water partition coefficient (Wildman–Crippen LogP) is 2.69. The van der Waals surface area contributed by atoms with E-state index in [0.29, 0.717) is 17.1 Å². The normalized spacial score (nSPS) is 10.8. The number of carbonyl (C=O) groups is 1. The maximum atomic E-state index is 11.6. The molecule has 0 aliphatic rings. The quantitative estimate of drug-likeness (QED) is 0.728. The number of aromatic nitrogens is 2.